The summed E-state index contributed by atoms with van der Waals surface area (Å²) in [5.74, 6) is 0. The van der Waals surface area contributed by atoms with E-state index in [4.69, 9.17) is 0 Å². The van der Waals surface area contributed by atoms with Gasteiger partial charge in [0.15, 0.2) is 0 Å². The summed E-state index contributed by atoms with van der Waals surface area (Å²) in [5, 5.41) is 9.24. The quantitative estimate of drug-likeness (QED) is 0.167. The minimum atomic E-state index is -4.32. The van der Waals surface area contributed by atoms with Crippen molar-refractivity contribution in [1.29, 1.82) is 0 Å². The Hall–Kier alpha value is 0.870. The van der Waals surface area contributed by atoms with Gasteiger partial charge in [-0.25, -0.2) is 8.42 Å². The van der Waals surface area contributed by atoms with Crippen LogP contribution in [0.15, 0.2) is 0 Å². The van der Waals surface area contributed by atoms with E-state index in [1.54, 1.807) is 0 Å². The minimum Gasteiger partial charge on any atom is -0.748 e. The molecule has 0 amide bonds. The van der Waals surface area contributed by atoms with Crippen LogP contribution in [0.25, 0.3) is 0 Å². The van der Waals surface area contributed by atoms with E-state index in [0.717, 1.165) is 44.9 Å². The van der Waals surface area contributed by atoms with Crippen LogP contribution < -0.4 is 29.6 Å². The second kappa shape index (κ2) is 22.1. The van der Waals surface area contributed by atoms with Crippen molar-refractivity contribution in [3.8, 4) is 0 Å². The van der Waals surface area contributed by atoms with E-state index in [-0.39, 0.29) is 36.0 Å². The summed E-state index contributed by atoms with van der Waals surface area (Å²) in [6.07, 6.45) is 19.3. The monoisotopic (exact) mass is 442 g/mol. The number of unbranched alkanes of at least 4 members (excludes halogenated alkanes) is 14. The summed E-state index contributed by atoms with van der Waals surface area (Å²) in [6.45, 7) is 4.38. The maximum atomic E-state index is 11.5. The van der Waals surface area contributed by atoms with Crippen molar-refractivity contribution in [3.05, 3.63) is 0 Å². The smallest absolute Gasteiger partial charge is 0.748 e. The molecule has 0 aliphatic heterocycles. The Labute approximate surface area is 204 Å². The van der Waals surface area contributed by atoms with E-state index in [1.807, 2.05) is 0 Å². The van der Waals surface area contributed by atoms with Gasteiger partial charge in [0.25, 0.3) is 0 Å². The van der Waals surface area contributed by atoms with Crippen molar-refractivity contribution in [2.75, 3.05) is 0 Å². The Kier molecular flexibility index (Phi) is 24.4. The summed E-state index contributed by atoms with van der Waals surface area (Å²) in [4.78, 5) is 0. The van der Waals surface area contributed by atoms with Crippen LogP contribution in [-0.2, 0) is 10.1 Å². The van der Waals surface area contributed by atoms with Crippen molar-refractivity contribution in [2.45, 2.75) is 147 Å². The summed E-state index contributed by atoms with van der Waals surface area (Å²) < 4.78 is 34.4. The fraction of sp³-hybridized carbons (Fsp3) is 1.00. The zero-order chi connectivity index (χ0) is 21.1. The maximum absolute atomic E-state index is 11.5. The van der Waals surface area contributed by atoms with Gasteiger partial charge in [-0.3, -0.25) is 0 Å². The van der Waals surface area contributed by atoms with Crippen molar-refractivity contribution >= 4 is 10.1 Å². The molecule has 29 heavy (non-hydrogen) atoms. The predicted octanol–water partition coefficient (Wildman–Crippen LogP) is 3.72. The van der Waals surface area contributed by atoms with Crippen molar-refractivity contribution in [3.63, 3.8) is 0 Å². The zero-order valence-corrected chi connectivity index (χ0v) is 22.5. The molecular formula is C23H47NaO4S. The number of hydrogen-bond acceptors (Lipinski definition) is 4. The largest absolute Gasteiger partial charge is 1.00 e. The second-order valence-electron chi connectivity index (χ2n) is 8.53. The molecule has 2 unspecified atom stereocenters. The molecule has 0 rings (SSSR count). The van der Waals surface area contributed by atoms with E-state index >= 15 is 0 Å². The molecule has 2 atom stereocenters. The van der Waals surface area contributed by atoms with Gasteiger partial charge >= 0.3 is 29.6 Å². The van der Waals surface area contributed by atoms with Crippen LogP contribution in [0.4, 0.5) is 0 Å². The summed E-state index contributed by atoms with van der Waals surface area (Å²) >= 11 is 0. The van der Waals surface area contributed by atoms with Crippen LogP contribution in [0.1, 0.15) is 136 Å². The van der Waals surface area contributed by atoms with Crippen LogP contribution in [0.2, 0.25) is 0 Å². The molecular weight excluding hydrogens is 395 g/mol. The van der Waals surface area contributed by atoms with Gasteiger partial charge in [-0.2, -0.15) is 0 Å². The first-order chi connectivity index (χ1) is 13.4. The predicted molar refractivity (Wildman–Crippen MR) is 119 cm³/mol. The van der Waals surface area contributed by atoms with Crippen molar-refractivity contribution in [1.82, 2.24) is 0 Å². The molecule has 0 heterocycles. The van der Waals surface area contributed by atoms with Gasteiger partial charge in [-0.05, 0) is 19.3 Å². The number of rotatable bonds is 21. The Morgan fingerprint density at radius 3 is 1.38 bits per heavy atom. The molecule has 0 aromatic heterocycles. The molecule has 0 aromatic carbocycles. The molecule has 0 fully saturated rings. The van der Waals surface area contributed by atoms with E-state index in [2.05, 4.69) is 13.8 Å². The van der Waals surface area contributed by atoms with Crippen LogP contribution in [-0.4, -0.2) is 29.4 Å². The van der Waals surface area contributed by atoms with E-state index in [0.29, 0.717) is 12.8 Å². The third kappa shape index (κ3) is 21.9. The van der Waals surface area contributed by atoms with E-state index in [1.165, 1.54) is 57.8 Å². The molecule has 0 saturated heterocycles. The first-order valence-corrected chi connectivity index (χ1v) is 13.5. The van der Waals surface area contributed by atoms with Crippen LogP contribution in [0, 0.1) is 0 Å². The molecule has 0 bridgehead atoms. The van der Waals surface area contributed by atoms with Crippen molar-refractivity contribution < 1.29 is 47.6 Å². The van der Waals surface area contributed by atoms with Gasteiger partial charge in [0.1, 0.15) is 0 Å². The van der Waals surface area contributed by atoms with Crippen LogP contribution >= 0.6 is 0 Å². The minimum absolute atomic E-state index is 0. The SMILES string of the molecule is CCCCCCCCCCCCCC(O)CC(CCCCCCC)S(=O)(=O)[O-].[Na+]. The van der Waals surface area contributed by atoms with Crippen LogP contribution in [0.3, 0.4) is 0 Å². The van der Waals surface area contributed by atoms with Gasteiger partial charge in [-0.1, -0.05) is 117 Å². The van der Waals surface area contributed by atoms with Gasteiger partial charge in [0.2, 0.25) is 0 Å². The van der Waals surface area contributed by atoms with E-state index in [9.17, 15) is 18.1 Å². The standard InChI is InChI=1S/C23H48O4S.Na/c1-3-5-7-9-10-11-12-13-14-16-17-19-22(24)21-23(28(25,26)27)20-18-15-8-6-4-2;/h22-24H,3-21H2,1-2H3,(H,25,26,27);/q;+1/p-1. The maximum Gasteiger partial charge on any atom is 1.00 e. The Morgan fingerprint density at radius 2 is 1.00 bits per heavy atom. The first-order valence-electron chi connectivity index (χ1n) is 12.0. The number of aliphatic hydroxyl groups is 1. The molecule has 6 heteroatoms. The van der Waals surface area contributed by atoms with Gasteiger partial charge in [0.05, 0.1) is 21.5 Å². The fourth-order valence-electron chi connectivity index (χ4n) is 3.82. The van der Waals surface area contributed by atoms with E-state index < -0.39 is 21.5 Å². The van der Waals surface area contributed by atoms with Gasteiger partial charge < -0.3 is 9.66 Å². The molecule has 1 N–H and O–H groups in total. The zero-order valence-electron chi connectivity index (χ0n) is 19.7. The van der Waals surface area contributed by atoms with Gasteiger partial charge in [-0.15, -0.1) is 0 Å². The average molecular weight is 443 g/mol. The number of aliphatic hydroxyl groups excluding tert-OH is 1. The normalized spacial score (nSPS) is 13.8. The average Bonchev–Trinajstić information content (AvgIpc) is 2.64. The molecule has 170 valence electrons. The molecule has 0 aromatic rings. The summed E-state index contributed by atoms with van der Waals surface area (Å²) in [5.41, 5.74) is 0. The first kappa shape index (κ1) is 32.1. The van der Waals surface area contributed by atoms with Gasteiger partial charge in [0, 0.05) is 0 Å². The third-order valence-corrected chi connectivity index (χ3v) is 6.96. The molecule has 0 aliphatic carbocycles. The molecule has 0 aliphatic rings. The Morgan fingerprint density at radius 1 is 0.655 bits per heavy atom. The molecule has 0 radical (unpaired) electrons. The Balaban J connectivity index is 0. The molecule has 0 spiro atoms. The summed E-state index contributed by atoms with van der Waals surface area (Å²) in [7, 11) is -4.32. The topological polar surface area (TPSA) is 77.4 Å². The van der Waals surface area contributed by atoms with Crippen molar-refractivity contribution in [2.24, 2.45) is 0 Å². The number of hydrogen-bond donors (Lipinski definition) is 1. The summed E-state index contributed by atoms with van der Waals surface area (Å²) in [6, 6.07) is 0. The molecule has 0 saturated carbocycles. The third-order valence-electron chi connectivity index (χ3n) is 5.71. The second-order valence-corrected chi connectivity index (χ2v) is 10.2. The van der Waals surface area contributed by atoms with Crippen LogP contribution in [0.5, 0.6) is 0 Å². The Bertz CT molecular complexity index is 429. The molecule has 4 nitrogen and oxygen atoms in total. The fourth-order valence-corrected chi connectivity index (χ4v) is 4.73.